The van der Waals surface area contributed by atoms with E-state index in [1.54, 1.807) is 7.11 Å². The molecule has 0 aliphatic carbocycles. The SMILES string of the molecule is CNC(C)(C)CNCCc1c(C)cc(C)cc1OC. The molecule has 0 saturated heterocycles. The molecular formula is C16H28N2O. The number of nitrogens with one attached hydrogen (secondary N) is 2. The summed E-state index contributed by atoms with van der Waals surface area (Å²) in [6, 6.07) is 4.33. The van der Waals surface area contributed by atoms with Gasteiger partial charge < -0.3 is 15.4 Å². The van der Waals surface area contributed by atoms with E-state index in [-0.39, 0.29) is 5.54 Å². The van der Waals surface area contributed by atoms with Crippen molar-refractivity contribution in [3.05, 3.63) is 28.8 Å². The highest BCUT2D eigenvalue weighted by Gasteiger charge is 2.13. The molecule has 108 valence electrons. The fraction of sp³-hybridized carbons (Fsp3) is 0.625. The first-order chi connectivity index (χ1) is 8.89. The van der Waals surface area contributed by atoms with E-state index in [0.717, 1.165) is 25.3 Å². The maximum Gasteiger partial charge on any atom is 0.122 e. The van der Waals surface area contributed by atoms with Crippen molar-refractivity contribution >= 4 is 0 Å². The van der Waals surface area contributed by atoms with E-state index >= 15 is 0 Å². The van der Waals surface area contributed by atoms with Crippen LogP contribution in [0.25, 0.3) is 0 Å². The molecule has 0 atom stereocenters. The lowest BCUT2D eigenvalue weighted by Gasteiger charge is -2.24. The molecule has 0 radical (unpaired) electrons. The highest BCUT2D eigenvalue weighted by atomic mass is 16.5. The van der Waals surface area contributed by atoms with Crippen LogP contribution in [0.4, 0.5) is 0 Å². The van der Waals surface area contributed by atoms with Crippen LogP contribution in [0.5, 0.6) is 5.75 Å². The van der Waals surface area contributed by atoms with Crippen LogP contribution in [-0.4, -0.2) is 32.8 Å². The number of likely N-dealkylation sites (N-methyl/N-ethyl adjacent to an activating group) is 1. The Labute approximate surface area is 117 Å². The van der Waals surface area contributed by atoms with Crippen LogP contribution in [0, 0.1) is 13.8 Å². The van der Waals surface area contributed by atoms with Crippen LogP contribution in [0.15, 0.2) is 12.1 Å². The van der Waals surface area contributed by atoms with Crippen molar-refractivity contribution < 1.29 is 4.74 Å². The lowest BCUT2D eigenvalue weighted by atomic mass is 10.0. The molecule has 1 rings (SSSR count). The Bertz CT molecular complexity index is 413. The Kier molecular flexibility index (Phi) is 5.83. The lowest BCUT2D eigenvalue weighted by Crippen LogP contribution is -2.46. The van der Waals surface area contributed by atoms with Crippen molar-refractivity contribution in [2.45, 2.75) is 39.7 Å². The number of benzene rings is 1. The van der Waals surface area contributed by atoms with Gasteiger partial charge in [0.25, 0.3) is 0 Å². The molecule has 0 aliphatic rings. The largest absolute Gasteiger partial charge is 0.496 e. The van der Waals surface area contributed by atoms with Gasteiger partial charge in [-0.2, -0.15) is 0 Å². The standard InChI is InChI=1S/C16H28N2O/c1-12-9-13(2)14(15(10-12)19-6)7-8-18-11-16(3,4)17-5/h9-10,17-18H,7-8,11H2,1-6H3. The third-order valence-corrected chi connectivity index (χ3v) is 3.59. The molecule has 0 aromatic heterocycles. The number of methoxy groups -OCH3 is 1. The summed E-state index contributed by atoms with van der Waals surface area (Å²) in [5.74, 6) is 1.01. The highest BCUT2D eigenvalue weighted by molar-refractivity contribution is 5.43. The summed E-state index contributed by atoms with van der Waals surface area (Å²) >= 11 is 0. The molecule has 1 aromatic carbocycles. The molecule has 2 N–H and O–H groups in total. The van der Waals surface area contributed by atoms with Crippen LogP contribution in [0.2, 0.25) is 0 Å². The molecule has 0 fully saturated rings. The first-order valence-electron chi connectivity index (χ1n) is 6.93. The Morgan fingerprint density at radius 2 is 1.89 bits per heavy atom. The Balaban J connectivity index is 2.58. The number of hydrogen-bond donors (Lipinski definition) is 2. The zero-order valence-corrected chi connectivity index (χ0v) is 13.2. The van der Waals surface area contributed by atoms with Crippen molar-refractivity contribution in [3.8, 4) is 5.75 Å². The number of rotatable bonds is 7. The second kappa shape index (κ2) is 6.92. The van der Waals surface area contributed by atoms with Gasteiger partial charge in [0.15, 0.2) is 0 Å². The molecule has 3 heteroatoms. The predicted molar refractivity (Wildman–Crippen MR) is 82.2 cm³/mol. The summed E-state index contributed by atoms with van der Waals surface area (Å²) in [5, 5.41) is 6.79. The first kappa shape index (κ1) is 16.0. The van der Waals surface area contributed by atoms with Gasteiger partial charge in [-0.1, -0.05) is 6.07 Å². The van der Waals surface area contributed by atoms with E-state index in [9.17, 15) is 0 Å². The van der Waals surface area contributed by atoms with E-state index in [1.165, 1.54) is 16.7 Å². The number of ether oxygens (including phenoxy) is 1. The summed E-state index contributed by atoms with van der Waals surface area (Å²) in [6.45, 7) is 10.6. The van der Waals surface area contributed by atoms with Crippen molar-refractivity contribution in [1.29, 1.82) is 0 Å². The van der Waals surface area contributed by atoms with Gasteiger partial charge in [0.1, 0.15) is 5.75 Å². The lowest BCUT2D eigenvalue weighted by molar-refractivity contribution is 0.391. The Morgan fingerprint density at radius 1 is 1.21 bits per heavy atom. The fourth-order valence-electron chi connectivity index (χ4n) is 2.16. The molecular weight excluding hydrogens is 236 g/mol. The molecule has 3 nitrogen and oxygen atoms in total. The molecule has 0 amide bonds. The second-order valence-corrected chi connectivity index (χ2v) is 5.82. The predicted octanol–water partition coefficient (Wildman–Crippen LogP) is 2.44. The quantitative estimate of drug-likeness (QED) is 0.742. The zero-order chi connectivity index (χ0) is 14.5. The molecule has 0 heterocycles. The monoisotopic (exact) mass is 264 g/mol. The summed E-state index contributed by atoms with van der Waals surface area (Å²) in [4.78, 5) is 0. The maximum atomic E-state index is 5.49. The molecule has 0 spiro atoms. The van der Waals surface area contributed by atoms with Crippen LogP contribution < -0.4 is 15.4 Å². The van der Waals surface area contributed by atoms with E-state index in [0.29, 0.717) is 0 Å². The van der Waals surface area contributed by atoms with Gasteiger partial charge in [-0.15, -0.1) is 0 Å². The van der Waals surface area contributed by atoms with Crippen molar-refractivity contribution in [2.24, 2.45) is 0 Å². The van der Waals surface area contributed by atoms with E-state index < -0.39 is 0 Å². The summed E-state index contributed by atoms with van der Waals surface area (Å²) < 4.78 is 5.49. The molecule has 1 aromatic rings. The molecule has 0 unspecified atom stereocenters. The third kappa shape index (κ3) is 4.84. The second-order valence-electron chi connectivity index (χ2n) is 5.82. The number of hydrogen-bond acceptors (Lipinski definition) is 3. The summed E-state index contributed by atoms with van der Waals surface area (Å²) in [6.07, 6.45) is 0.995. The van der Waals surface area contributed by atoms with Gasteiger partial charge in [-0.25, -0.2) is 0 Å². The van der Waals surface area contributed by atoms with Crippen molar-refractivity contribution in [1.82, 2.24) is 10.6 Å². The minimum Gasteiger partial charge on any atom is -0.496 e. The van der Waals surface area contributed by atoms with Crippen LogP contribution in [0.3, 0.4) is 0 Å². The maximum absolute atomic E-state index is 5.49. The molecule has 0 saturated carbocycles. The summed E-state index contributed by atoms with van der Waals surface area (Å²) in [7, 11) is 3.74. The van der Waals surface area contributed by atoms with Gasteiger partial charge in [0.05, 0.1) is 7.11 Å². The highest BCUT2D eigenvalue weighted by Crippen LogP contribution is 2.24. The normalized spacial score (nSPS) is 11.7. The van der Waals surface area contributed by atoms with Gasteiger partial charge in [0.2, 0.25) is 0 Å². The number of aryl methyl sites for hydroxylation is 2. The van der Waals surface area contributed by atoms with Gasteiger partial charge >= 0.3 is 0 Å². The molecule has 0 bridgehead atoms. The summed E-state index contributed by atoms with van der Waals surface area (Å²) in [5.41, 5.74) is 4.00. The van der Waals surface area contributed by atoms with Crippen molar-refractivity contribution in [2.75, 3.05) is 27.2 Å². The molecule has 19 heavy (non-hydrogen) atoms. The average molecular weight is 264 g/mol. The van der Waals surface area contributed by atoms with Crippen LogP contribution in [-0.2, 0) is 6.42 Å². The minimum atomic E-state index is 0.131. The Morgan fingerprint density at radius 3 is 2.47 bits per heavy atom. The third-order valence-electron chi connectivity index (χ3n) is 3.59. The minimum absolute atomic E-state index is 0.131. The van der Waals surface area contributed by atoms with Gasteiger partial charge in [0, 0.05) is 12.1 Å². The van der Waals surface area contributed by atoms with Gasteiger partial charge in [-0.05, 0) is 70.5 Å². The van der Waals surface area contributed by atoms with E-state index in [1.807, 2.05) is 7.05 Å². The fourth-order valence-corrected chi connectivity index (χ4v) is 2.16. The average Bonchev–Trinajstić information content (AvgIpc) is 2.35. The van der Waals surface area contributed by atoms with Crippen LogP contribution >= 0.6 is 0 Å². The van der Waals surface area contributed by atoms with E-state index in [2.05, 4.69) is 50.5 Å². The van der Waals surface area contributed by atoms with Gasteiger partial charge in [-0.3, -0.25) is 0 Å². The topological polar surface area (TPSA) is 33.3 Å². The smallest absolute Gasteiger partial charge is 0.122 e. The Hall–Kier alpha value is -1.06. The van der Waals surface area contributed by atoms with Crippen molar-refractivity contribution in [3.63, 3.8) is 0 Å². The van der Waals surface area contributed by atoms with Crippen LogP contribution in [0.1, 0.15) is 30.5 Å². The first-order valence-corrected chi connectivity index (χ1v) is 6.93. The molecule has 0 aliphatic heterocycles. The zero-order valence-electron chi connectivity index (χ0n) is 13.2. The van der Waals surface area contributed by atoms with E-state index in [4.69, 9.17) is 4.74 Å².